The SMILES string of the molecule is C=Cc1ccc(-c2cnc3c(N(CCOC)C(=O)OC(C)(C)C)cc(Oc4cccc(F)c4F)cn23)cc1C.CNC1CC1. The predicted octanol–water partition coefficient (Wildman–Crippen LogP) is 7.78. The molecule has 0 spiro atoms. The number of benzene rings is 2. The number of ether oxygens (including phenoxy) is 3. The molecule has 2 heterocycles. The van der Waals surface area contributed by atoms with Crippen molar-refractivity contribution < 1.29 is 27.8 Å². The molecule has 10 heteroatoms. The maximum absolute atomic E-state index is 14.5. The fourth-order valence-electron chi connectivity index (χ4n) is 4.45. The lowest BCUT2D eigenvalue weighted by Gasteiger charge is -2.28. The molecule has 0 bridgehead atoms. The van der Waals surface area contributed by atoms with Crippen molar-refractivity contribution in [3.05, 3.63) is 84.2 Å². The topological polar surface area (TPSA) is 77.3 Å². The molecule has 1 aliphatic rings. The van der Waals surface area contributed by atoms with E-state index in [4.69, 9.17) is 14.2 Å². The van der Waals surface area contributed by atoms with Crippen molar-refractivity contribution in [1.82, 2.24) is 14.7 Å². The molecule has 4 aromatic rings. The molecule has 0 radical (unpaired) electrons. The van der Waals surface area contributed by atoms with Crippen molar-refractivity contribution in [3.63, 3.8) is 0 Å². The van der Waals surface area contributed by atoms with Gasteiger partial charge in [-0.05, 0) is 76.9 Å². The second-order valence-electron chi connectivity index (χ2n) is 11.5. The summed E-state index contributed by atoms with van der Waals surface area (Å²) in [7, 11) is 3.54. The number of imidazole rings is 1. The Labute approximate surface area is 257 Å². The lowest BCUT2D eigenvalue weighted by molar-refractivity contribution is 0.0569. The Bertz CT molecular complexity index is 1630. The summed E-state index contributed by atoms with van der Waals surface area (Å²) in [5.41, 5.74) is 3.59. The number of pyridine rings is 1. The number of nitrogens with one attached hydrogen (secondary N) is 1. The molecule has 1 N–H and O–H groups in total. The van der Waals surface area contributed by atoms with Crippen LogP contribution in [0.15, 0.2) is 61.4 Å². The summed E-state index contributed by atoms with van der Waals surface area (Å²) in [6.45, 7) is 11.5. The average molecular weight is 607 g/mol. The van der Waals surface area contributed by atoms with E-state index in [9.17, 15) is 13.6 Å². The van der Waals surface area contributed by atoms with Gasteiger partial charge in [0.2, 0.25) is 5.82 Å². The first-order valence-electron chi connectivity index (χ1n) is 14.5. The fraction of sp³-hybridized carbons (Fsp3) is 0.353. The van der Waals surface area contributed by atoms with Crippen LogP contribution in [-0.4, -0.2) is 54.4 Å². The first kappa shape index (κ1) is 32.6. The number of halogens is 2. The molecule has 2 aromatic carbocycles. The van der Waals surface area contributed by atoms with E-state index in [-0.39, 0.29) is 24.7 Å². The van der Waals surface area contributed by atoms with E-state index in [2.05, 4.69) is 16.9 Å². The number of anilines is 1. The molecule has 0 saturated heterocycles. The zero-order valence-electron chi connectivity index (χ0n) is 26.1. The van der Waals surface area contributed by atoms with E-state index in [0.717, 1.165) is 28.8 Å². The highest BCUT2D eigenvalue weighted by Gasteiger charge is 2.27. The van der Waals surface area contributed by atoms with Gasteiger partial charge in [-0.1, -0.05) is 30.9 Å². The molecule has 1 amide bonds. The first-order valence-corrected chi connectivity index (χ1v) is 14.5. The maximum Gasteiger partial charge on any atom is 0.415 e. The minimum atomic E-state index is -1.12. The van der Waals surface area contributed by atoms with E-state index < -0.39 is 23.3 Å². The largest absolute Gasteiger partial charge is 0.453 e. The van der Waals surface area contributed by atoms with Gasteiger partial charge in [-0.25, -0.2) is 14.2 Å². The number of aryl methyl sites for hydroxylation is 1. The van der Waals surface area contributed by atoms with Crippen LogP contribution >= 0.6 is 0 Å². The zero-order valence-corrected chi connectivity index (χ0v) is 26.1. The normalized spacial score (nSPS) is 12.8. The number of methoxy groups -OCH3 is 1. The van der Waals surface area contributed by atoms with Crippen LogP contribution in [0.4, 0.5) is 19.3 Å². The molecule has 2 aromatic heterocycles. The minimum Gasteiger partial charge on any atom is -0.453 e. The summed E-state index contributed by atoms with van der Waals surface area (Å²) in [5, 5.41) is 3.14. The van der Waals surface area contributed by atoms with Crippen LogP contribution in [0.3, 0.4) is 0 Å². The molecule has 234 valence electrons. The van der Waals surface area contributed by atoms with Gasteiger partial charge in [0.25, 0.3) is 0 Å². The smallest absolute Gasteiger partial charge is 0.415 e. The quantitative estimate of drug-likeness (QED) is 0.210. The lowest BCUT2D eigenvalue weighted by atomic mass is 10.0. The Morgan fingerprint density at radius 1 is 1.20 bits per heavy atom. The van der Waals surface area contributed by atoms with E-state index in [1.54, 1.807) is 49.7 Å². The van der Waals surface area contributed by atoms with Crippen LogP contribution in [0.1, 0.15) is 44.7 Å². The molecule has 0 unspecified atom stereocenters. The second kappa shape index (κ2) is 14.0. The molecule has 0 atom stereocenters. The number of nitrogens with zero attached hydrogens (tertiary/aromatic N) is 3. The molecule has 0 aliphatic heterocycles. The van der Waals surface area contributed by atoms with Crippen molar-refractivity contribution in [3.8, 4) is 22.8 Å². The Hall–Kier alpha value is -4.28. The number of carbonyl (C=O) groups is 1. The van der Waals surface area contributed by atoms with Crippen LogP contribution in [0.25, 0.3) is 23.0 Å². The monoisotopic (exact) mass is 606 g/mol. The minimum absolute atomic E-state index is 0.147. The van der Waals surface area contributed by atoms with Crippen LogP contribution < -0.4 is 15.0 Å². The van der Waals surface area contributed by atoms with Gasteiger partial charge in [0.05, 0.1) is 36.9 Å². The van der Waals surface area contributed by atoms with Crippen molar-refractivity contribution >= 4 is 23.5 Å². The maximum atomic E-state index is 14.5. The van der Waals surface area contributed by atoms with Gasteiger partial charge in [-0.3, -0.25) is 9.30 Å². The Morgan fingerprint density at radius 3 is 2.55 bits per heavy atom. The highest BCUT2D eigenvalue weighted by molar-refractivity contribution is 5.93. The first-order chi connectivity index (χ1) is 20.9. The number of aromatic nitrogens is 2. The molecule has 44 heavy (non-hydrogen) atoms. The number of carbonyl (C=O) groups excluding carboxylic acids is 1. The summed E-state index contributed by atoms with van der Waals surface area (Å²) >= 11 is 0. The Morgan fingerprint density at radius 2 is 1.95 bits per heavy atom. The van der Waals surface area contributed by atoms with Gasteiger partial charge >= 0.3 is 6.09 Å². The number of hydrogen-bond acceptors (Lipinski definition) is 6. The van der Waals surface area contributed by atoms with E-state index in [1.165, 1.54) is 37.0 Å². The van der Waals surface area contributed by atoms with Crippen LogP contribution in [-0.2, 0) is 9.47 Å². The Balaban J connectivity index is 0.000000802. The Kier molecular flexibility index (Phi) is 10.4. The lowest BCUT2D eigenvalue weighted by Crippen LogP contribution is -2.39. The standard InChI is InChI=1S/C30H31F2N3O4.C4H9N/c1-7-20-11-12-21(15-19(20)2)25-17-33-28-24(34(13-14-37-6)29(36)39-30(3,4)5)16-22(18-35(25)28)38-26-10-8-9-23(31)27(26)32;1-5-4-2-3-4/h7-12,15-18H,1,13-14H2,2-6H3;4-5H,2-3H2,1H3. The van der Waals surface area contributed by atoms with Crippen molar-refractivity contribution in [2.24, 2.45) is 0 Å². The van der Waals surface area contributed by atoms with Crippen molar-refractivity contribution in [2.75, 3.05) is 32.2 Å². The fourth-order valence-corrected chi connectivity index (χ4v) is 4.45. The van der Waals surface area contributed by atoms with Gasteiger partial charge in [0, 0.05) is 24.8 Å². The van der Waals surface area contributed by atoms with Crippen molar-refractivity contribution in [1.29, 1.82) is 0 Å². The van der Waals surface area contributed by atoms with Crippen molar-refractivity contribution in [2.45, 2.75) is 52.2 Å². The van der Waals surface area contributed by atoms with E-state index >= 15 is 0 Å². The molecule has 1 aliphatic carbocycles. The van der Waals surface area contributed by atoms with E-state index in [1.807, 2.05) is 32.2 Å². The van der Waals surface area contributed by atoms with E-state index in [0.29, 0.717) is 17.0 Å². The number of hydrogen-bond donors (Lipinski definition) is 1. The average Bonchev–Trinajstić information content (AvgIpc) is 3.73. The summed E-state index contributed by atoms with van der Waals surface area (Å²) in [6, 6.07) is 12.0. The third-order valence-electron chi connectivity index (χ3n) is 6.90. The highest BCUT2D eigenvalue weighted by atomic mass is 19.2. The number of amides is 1. The summed E-state index contributed by atoms with van der Waals surface area (Å²) in [4.78, 5) is 19.3. The van der Waals surface area contributed by atoms with Crippen LogP contribution in [0, 0.1) is 18.6 Å². The molecule has 5 rings (SSSR count). The summed E-state index contributed by atoms with van der Waals surface area (Å²) in [6.07, 6.45) is 7.25. The number of fused-ring (bicyclic) bond motifs is 1. The van der Waals surface area contributed by atoms with Gasteiger partial charge < -0.3 is 19.5 Å². The molecular formula is C34H40F2N4O4. The van der Waals surface area contributed by atoms with Gasteiger partial charge in [-0.2, -0.15) is 4.39 Å². The summed E-state index contributed by atoms with van der Waals surface area (Å²) < 4.78 is 46.9. The second-order valence-corrected chi connectivity index (χ2v) is 11.5. The molecular weight excluding hydrogens is 566 g/mol. The van der Waals surface area contributed by atoms with Crippen LogP contribution in [0.5, 0.6) is 11.5 Å². The van der Waals surface area contributed by atoms with Gasteiger partial charge in [0.1, 0.15) is 11.4 Å². The van der Waals surface area contributed by atoms with Gasteiger partial charge in [-0.15, -0.1) is 0 Å². The zero-order chi connectivity index (χ0) is 32.0. The number of rotatable bonds is 9. The third kappa shape index (κ3) is 8.00. The van der Waals surface area contributed by atoms with Gasteiger partial charge in [0.15, 0.2) is 17.2 Å². The highest BCUT2D eigenvalue weighted by Crippen LogP contribution is 2.35. The molecule has 1 fully saturated rings. The summed E-state index contributed by atoms with van der Waals surface area (Å²) in [5.74, 6) is -2.30. The predicted molar refractivity (Wildman–Crippen MR) is 169 cm³/mol. The molecule has 8 nitrogen and oxygen atoms in total. The third-order valence-corrected chi connectivity index (χ3v) is 6.90. The van der Waals surface area contributed by atoms with Crippen LogP contribution in [0.2, 0.25) is 0 Å². The molecule has 1 saturated carbocycles.